The fraction of sp³-hybridized carbons (Fsp3) is 0.474. The van der Waals surface area contributed by atoms with Gasteiger partial charge >= 0.3 is 11.7 Å². The number of piperidine rings is 1. The molecule has 0 saturated carbocycles. The van der Waals surface area contributed by atoms with E-state index in [1.54, 1.807) is 29.2 Å². The first kappa shape index (κ1) is 18.1. The highest BCUT2D eigenvalue weighted by Gasteiger charge is 2.32. The Morgan fingerprint density at radius 3 is 2.50 bits per heavy atom. The zero-order valence-electron chi connectivity index (χ0n) is 15.2. The summed E-state index contributed by atoms with van der Waals surface area (Å²) in [5, 5.41) is 0.351. The molecule has 1 saturated heterocycles. The Morgan fingerprint density at radius 2 is 1.85 bits per heavy atom. The van der Waals surface area contributed by atoms with E-state index in [0.29, 0.717) is 36.8 Å². The van der Waals surface area contributed by atoms with Gasteiger partial charge < -0.3 is 14.1 Å². The van der Waals surface area contributed by atoms with Crippen LogP contribution in [0.3, 0.4) is 0 Å². The highest BCUT2D eigenvalue weighted by Crippen LogP contribution is 2.23. The zero-order chi connectivity index (χ0) is 18.9. The van der Waals surface area contributed by atoms with Crippen molar-refractivity contribution < 1.29 is 18.7 Å². The molecular weight excluding hydrogens is 336 g/mol. The monoisotopic (exact) mass is 358 g/mol. The second-order valence-corrected chi connectivity index (χ2v) is 7.43. The number of Topliss-reactive ketones (excluding diaryl/α,β-unsaturated/α-hetero) is 1. The molecule has 3 rings (SSSR count). The molecule has 1 aliphatic heterocycles. The molecule has 1 aromatic heterocycles. The smallest absolute Gasteiger partial charge is 0.410 e. The number of rotatable bonds is 2. The number of carbonyl (C=O) groups is 2. The Morgan fingerprint density at radius 1 is 1.19 bits per heavy atom. The van der Waals surface area contributed by atoms with Gasteiger partial charge in [0.2, 0.25) is 5.78 Å². The van der Waals surface area contributed by atoms with E-state index in [1.807, 2.05) is 20.8 Å². The number of likely N-dealkylation sites (tertiary alicyclic amines) is 1. The van der Waals surface area contributed by atoms with E-state index in [4.69, 9.17) is 9.15 Å². The predicted molar refractivity (Wildman–Crippen MR) is 95.1 cm³/mol. The van der Waals surface area contributed by atoms with E-state index < -0.39 is 11.2 Å². The number of nitrogens with zero attached hydrogens (tertiary/aromatic N) is 2. The van der Waals surface area contributed by atoms with Gasteiger partial charge in [0.15, 0.2) is 0 Å². The first-order valence-electron chi connectivity index (χ1n) is 8.66. The second kappa shape index (κ2) is 6.90. The first-order chi connectivity index (χ1) is 12.2. The molecule has 0 radical (unpaired) electrons. The summed E-state index contributed by atoms with van der Waals surface area (Å²) in [5.74, 6) is -0.786. The van der Waals surface area contributed by atoms with Gasteiger partial charge in [-0.15, -0.1) is 0 Å². The Labute approximate surface area is 151 Å². The van der Waals surface area contributed by atoms with E-state index in [9.17, 15) is 14.4 Å². The van der Waals surface area contributed by atoms with Gasteiger partial charge in [0, 0.05) is 19.0 Å². The van der Waals surface area contributed by atoms with Crippen molar-refractivity contribution in [3.05, 3.63) is 40.6 Å². The van der Waals surface area contributed by atoms with Crippen molar-refractivity contribution in [3.8, 4) is 0 Å². The fourth-order valence-electron chi connectivity index (χ4n) is 2.95. The van der Waals surface area contributed by atoms with Crippen LogP contribution in [0.1, 0.15) is 44.3 Å². The van der Waals surface area contributed by atoms with Crippen molar-refractivity contribution in [1.29, 1.82) is 0 Å². The van der Waals surface area contributed by atoms with Crippen molar-refractivity contribution >= 4 is 22.8 Å². The fourth-order valence-corrected chi connectivity index (χ4v) is 2.95. The standard InChI is InChI=1S/C19H22N2O5/c1-19(2,3)26-18(24)21-10-8-12(9-11-21)15(22)16-20-14-7-5-4-6-13(14)17(23)25-16/h4-7,12H,8-11H2,1-3H3. The number of hydrogen-bond acceptors (Lipinski definition) is 6. The van der Waals surface area contributed by atoms with Gasteiger partial charge in [-0.05, 0) is 45.7 Å². The van der Waals surface area contributed by atoms with Crippen molar-refractivity contribution in [2.24, 2.45) is 5.92 Å². The maximum absolute atomic E-state index is 12.7. The molecule has 1 aliphatic rings. The maximum Gasteiger partial charge on any atom is 0.410 e. The number of fused-ring (bicyclic) bond motifs is 1. The number of para-hydroxylation sites is 1. The van der Waals surface area contributed by atoms with Crippen LogP contribution >= 0.6 is 0 Å². The van der Waals surface area contributed by atoms with Gasteiger partial charge in [-0.2, -0.15) is 0 Å². The summed E-state index contributed by atoms with van der Waals surface area (Å²) < 4.78 is 10.5. The summed E-state index contributed by atoms with van der Waals surface area (Å²) in [5.41, 5.74) is -0.675. The number of hydrogen-bond donors (Lipinski definition) is 0. The maximum atomic E-state index is 12.7. The Bertz CT molecular complexity index is 889. The van der Waals surface area contributed by atoms with Crippen LogP contribution in [0, 0.1) is 5.92 Å². The third kappa shape index (κ3) is 3.92. The number of ether oxygens (including phenoxy) is 1. The van der Waals surface area contributed by atoms with Crippen LogP contribution in [0.5, 0.6) is 0 Å². The first-order valence-corrected chi connectivity index (χ1v) is 8.66. The van der Waals surface area contributed by atoms with Crippen molar-refractivity contribution in [2.75, 3.05) is 13.1 Å². The number of amides is 1. The van der Waals surface area contributed by atoms with Crippen LogP contribution in [-0.2, 0) is 4.74 Å². The lowest BCUT2D eigenvalue weighted by atomic mass is 9.92. The zero-order valence-corrected chi connectivity index (χ0v) is 15.2. The molecule has 2 heterocycles. The van der Waals surface area contributed by atoms with Gasteiger partial charge in [-0.3, -0.25) is 4.79 Å². The number of aromatic nitrogens is 1. The summed E-state index contributed by atoms with van der Waals surface area (Å²) in [7, 11) is 0. The molecule has 138 valence electrons. The van der Waals surface area contributed by atoms with E-state index in [2.05, 4.69) is 4.98 Å². The molecule has 7 nitrogen and oxygen atoms in total. The molecule has 1 fully saturated rings. The third-order valence-electron chi connectivity index (χ3n) is 4.26. The number of ketones is 1. The van der Waals surface area contributed by atoms with Crippen LogP contribution in [-0.4, -0.2) is 40.5 Å². The van der Waals surface area contributed by atoms with Gasteiger partial charge in [-0.25, -0.2) is 14.6 Å². The third-order valence-corrected chi connectivity index (χ3v) is 4.26. The van der Waals surface area contributed by atoms with E-state index in [-0.39, 0.29) is 23.7 Å². The normalized spacial score (nSPS) is 15.9. The molecule has 26 heavy (non-hydrogen) atoms. The topological polar surface area (TPSA) is 89.7 Å². The summed E-state index contributed by atoms with van der Waals surface area (Å²) >= 11 is 0. The van der Waals surface area contributed by atoms with Gasteiger partial charge in [-0.1, -0.05) is 12.1 Å². The average molecular weight is 358 g/mol. The van der Waals surface area contributed by atoms with Gasteiger partial charge in [0.05, 0.1) is 10.9 Å². The number of carbonyl (C=O) groups excluding carboxylic acids is 2. The largest absolute Gasteiger partial charge is 0.444 e. The highest BCUT2D eigenvalue weighted by atomic mass is 16.6. The lowest BCUT2D eigenvalue weighted by Gasteiger charge is -2.32. The van der Waals surface area contributed by atoms with E-state index >= 15 is 0 Å². The lowest BCUT2D eigenvalue weighted by molar-refractivity contribution is 0.0180. The molecule has 0 aliphatic carbocycles. The molecule has 0 unspecified atom stereocenters. The number of benzene rings is 1. The summed E-state index contributed by atoms with van der Waals surface area (Å²) in [6.45, 7) is 6.28. The second-order valence-electron chi connectivity index (χ2n) is 7.43. The van der Waals surface area contributed by atoms with Gasteiger partial charge in [0.25, 0.3) is 5.89 Å². The highest BCUT2D eigenvalue weighted by molar-refractivity contribution is 5.95. The molecule has 0 N–H and O–H groups in total. The minimum Gasteiger partial charge on any atom is -0.444 e. The summed E-state index contributed by atoms with van der Waals surface area (Å²) in [6.07, 6.45) is 0.589. The minimum absolute atomic E-state index is 0.163. The Kier molecular flexibility index (Phi) is 4.80. The van der Waals surface area contributed by atoms with Crippen LogP contribution in [0.2, 0.25) is 0 Å². The summed E-state index contributed by atoms with van der Waals surface area (Å²) in [6, 6.07) is 6.76. The van der Waals surface area contributed by atoms with Crippen LogP contribution in [0.4, 0.5) is 4.79 Å². The molecule has 1 amide bonds. The van der Waals surface area contributed by atoms with Crippen molar-refractivity contribution in [3.63, 3.8) is 0 Å². The molecule has 0 atom stereocenters. The predicted octanol–water partition coefficient (Wildman–Crippen LogP) is 3.02. The van der Waals surface area contributed by atoms with E-state index in [1.165, 1.54) is 0 Å². The van der Waals surface area contributed by atoms with Crippen LogP contribution < -0.4 is 5.63 Å². The van der Waals surface area contributed by atoms with Crippen molar-refractivity contribution in [2.45, 2.75) is 39.2 Å². The SMILES string of the molecule is CC(C)(C)OC(=O)N1CCC(C(=O)c2nc3ccccc3c(=O)o2)CC1. The Balaban J connectivity index is 1.69. The molecule has 0 bridgehead atoms. The minimum atomic E-state index is -0.565. The molecular formula is C19H22N2O5. The lowest BCUT2D eigenvalue weighted by Crippen LogP contribution is -2.43. The van der Waals surface area contributed by atoms with E-state index in [0.717, 1.165) is 0 Å². The molecule has 2 aromatic rings. The molecule has 1 aromatic carbocycles. The molecule has 7 heteroatoms. The van der Waals surface area contributed by atoms with Gasteiger partial charge in [0.1, 0.15) is 5.60 Å². The average Bonchev–Trinajstić information content (AvgIpc) is 2.60. The Hall–Kier alpha value is -2.70. The quantitative estimate of drug-likeness (QED) is 0.767. The van der Waals surface area contributed by atoms with Crippen LogP contribution in [0.25, 0.3) is 10.9 Å². The van der Waals surface area contributed by atoms with Crippen molar-refractivity contribution in [1.82, 2.24) is 9.88 Å². The molecule has 0 spiro atoms. The van der Waals surface area contributed by atoms with Crippen LogP contribution in [0.15, 0.2) is 33.5 Å². The summed E-state index contributed by atoms with van der Waals surface area (Å²) in [4.78, 5) is 42.6.